The molecule has 120 valence electrons. The second-order valence-corrected chi connectivity index (χ2v) is 6.17. The predicted molar refractivity (Wildman–Crippen MR) is 91.0 cm³/mol. The number of nitrogens with one attached hydrogen (secondary N) is 1. The number of furan rings is 1. The van der Waals surface area contributed by atoms with Gasteiger partial charge in [-0.15, -0.1) is 0 Å². The first-order valence-corrected chi connectivity index (χ1v) is 7.74. The van der Waals surface area contributed by atoms with Crippen LogP contribution in [0.15, 0.2) is 28.8 Å². The average molecular weight is 311 g/mol. The number of hydrogen-bond acceptors (Lipinski definition) is 3. The molecule has 0 radical (unpaired) electrons. The number of aryl methyl sites for hydroxylation is 3. The molecule has 23 heavy (non-hydrogen) atoms. The zero-order valence-corrected chi connectivity index (χ0v) is 14.1. The summed E-state index contributed by atoms with van der Waals surface area (Å²) in [6, 6.07) is 6.01. The Labute approximate surface area is 135 Å². The molecule has 5 heteroatoms. The van der Waals surface area contributed by atoms with Gasteiger partial charge in [0.25, 0.3) is 5.91 Å². The van der Waals surface area contributed by atoms with Crippen LogP contribution in [0, 0.1) is 20.8 Å². The van der Waals surface area contributed by atoms with Crippen molar-refractivity contribution in [3.63, 3.8) is 0 Å². The monoisotopic (exact) mass is 311 g/mol. The molecular weight excluding hydrogens is 290 g/mol. The number of rotatable bonds is 3. The number of anilines is 1. The predicted octanol–water partition coefficient (Wildman–Crippen LogP) is 4.39. The molecule has 0 aliphatic carbocycles. The van der Waals surface area contributed by atoms with Gasteiger partial charge in [-0.1, -0.05) is 12.1 Å². The summed E-state index contributed by atoms with van der Waals surface area (Å²) in [6.45, 7) is 9.97. The van der Waals surface area contributed by atoms with E-state index in [0.29, 0.717) is 11.6 Å². The number of nitrogens with zero attached hydrogens (tertiary/aromatic N) is 2. The van der Waals surface area contributed by atoms with Crippen molar-refractivity contribution in [1.82, 2.24) is 9.78 Å². The Balaban J connectivity index is 2.02. The Morgan fingerprint density at radius 2 is 1.87 bits per heavy atom. The molecule has 0 saturated heterocycles. The summed E-state index contributed by atoms with van der Waals surface area (Å²) in [5.41, 5.74) is 3.79. The fourth-order valence-electron chi connectivity index (χ4n) is 2.89. The summed E-state index contributed by atoms with van der Waals surface area (Å²) in [5, 5.41) is 8.14. The summed E-state index contributed by atoms with van der Waals surface area (Å²) in [5.74, 6) is 0.770. The highest BCUT2D eigenvalue weighted by Gasteiger charge is 2.21. The summed E-state index contributed by atoms with van der Waals surface area (Å²) < 4.78 is 7.65. The molecule has 0 aliphatic heterocycles. The topological polar surface area (TPSA) is 60.1 Å². The Bertz CT molecular complexity index is 887. The fourth-order valence-corrected chi connectivity index (χ4v) is 2.89. The molecule has 2 heterocycles. The third-order valence-corrected chi connectivity index (χ3v) is 4.09. The summed E-state index contributed by atoms with van der Waals surface area (Å²) in [4.78, 5) is 12.7. The van der Waals surface area contributed by atoms with Crippen molar-refractivity contribution < 1.29 is 9.21 Å². The van der Waals surface area contributed by atoms with E-state index in [1.807, 2.05) is 40.7 Å². The van der Waals surface area contributed by atoms with Crippen LogP contribution < -0.4 is 5.32 Å². The van der Waals surface area contributed by atoms with E-state index in [1.165, 1.54) is 0 Å². The van der Waals surface area contributed by atoms with Crippen LogP contribution >= 0.6 is 0 Å². The van der Waals surface area contributed by atoms with Crippen LogP contribution in [0.5, 0.6) is 0 Å². The van der Waals surface area contributed by atoms with Crippen LogP contribution in [0.1, 0.15) is 47.1 Å². The normalized spacial score (nSPS) is 11.4. The average Bonchev–Trinajstić information content (AvgIpc) is 3.08. The molecule has 0 bridgehead atoms. The van der Waals surface area contributed by atoms with E-state index in [4.69, 9.17) is 4.42 Å². The molecule has 0 spiro atoms. The smallest absolute Gasteiger partial charge is 0.292 e. The summed E-state index contributed by atoms with van der Waals surface area (Å²) in [7, 11) is 0. The lowest BCUT2D eigenvalue weighted by atomic mass is 10.0. The minimum atomic E-state index is -0.250. The third kappa shape index (κ3) is 2.52. The van der Waals surface area contributed by atoms with Gasteiger partial charge in [-0.3, -0.25) is 4.79 Å². The van der Waals surface area contributed by atoms with Crippen molar-refractivity contribution in [2.45, 2.75) is 40.7 Å². The molecule has 1 N–H and O–H groups in total. The maximum absolute atomic E-state index is 12.7. The highest BCUT2D eigenvalue weighted by molar-refractivity contribution is 6.06. The maximum atomic E-state index is 12.7. The van der Waals surface area contributed by atoms with Crippen LogP contribution in [-0.2, 0) is 0 Å². The van der Waals surface area contributed by atoms with Crippen molar-refractivity contribution in [1.29, 1.82) is 0 Å². The van der Waals surface area contributed by atoms with E-state index in [0.717, 1.165) is 27.7 Å². The molecule has 1 amide bonds. The number of carbonyl (C=O) groups excluding carboxylic acids is 1. The Morgan fingerprint density at radius 1 is 1.17 bits per heavy atom. The highest BCUT2D eigenvalue weighted by atomic mass is 16.3. The first-order chi connectivity index (χ1) is 10.9. The molecule has 0 unspecified atom stereocenters. The third-order valence-electron chi connectivity index (χ3n) is 4.09. The van der Waals surface area contributed by atoms with E-state index in [2.05, 4.69) is 16.5 Å². The SMILES string of the molecule is Cc1ccc(C)c2c(C)c(C(=O)Nc3ccnn3C(C)C)oc12. The quantitative estimate of drug-likeness (QED) is 0.780. The molecular formula is C18H21N3O2. The first-order valence-electron chi connectivity index (χ1n) is 7.74. The molecule has 0 fully saturated rings. The number of aromatic nitrogens is 2. The maximum Gasteiger partial charge on any atom is 0.292 e. The minimum Gasteiger partial charge on any atom is -0.450 e. The number of hydrogen-bond donors (Lipinski definition) is 1. The van der Waals surface area contributed by atoms with Crippen LogP contribution in [0.2, 0.25) is 0 Å². The summed E-state index contributed by atoms with van der Waals surface area (Å²) in [6.07, 6.45) is 1.68. The molecule has 1 aromatic carbocycles. The van der Waals surface area contributed by atoms with Crippen molar-refractivity contribution in [3.8, 4) is 0 Å². The minimum absolute atomic E-state index is 0.168. The molecule has 5 nitrogen and oxygen atoms in total. The van der Waals surface area contributed by atoms with Gasteiger partial charge in [-0.05, 0) is 45.7 Å². The lowest BCUT2D eigenvalue weighted by molar-refractivity contribution is 0.0996. The van der Waals surface area contributed by atoms with Gasteiger partial charge in [0, 0.05) is 23.1 Å². The molecule has 2 aromatic heterocycles. The molecule has 0 saturated carbocycles. The van der Waals surface area contributed by atoms with E-state index < -0.39 is 0 Å². The highest BCUT2D eigenvalue weighted by Crippen LogP contribution is 2.31. The van der Waals surface area contributed by atoms with Crippen LogP contribution in [0.4, 0.5) is 5.82 Å². The van der Waals surface area contributed by atoms with Gasteiger partial charge in [0.1, 0.15) is 11.4 Å². The number of fused-ring (bicyclic) bond motifs is 1. The molecule has 3 rings (SSSR count). The van der Waals surface area contributed by atoms with Crippen molar-refractivity contribution in [3.05, 3.63) is 46.8 Å². The van der Waals surface area contributed by atoms with E-state index in [1.54, 1.807) is 16.9 Å². The van der Waals surface area contributed by atoms with Crippen LogP contribution in [-0.4, -0.2) is 15.7 Å². The zero-order valence-electron chi connectivity index (χ0n) is 14.1. The van der Waals surface area contributed by atoms with Crippen molar-refractivity contribution in [2.24, 2.45) is 0 Å². The van der Waals surface area contributed by atoms with Gasteiger partial charge in [0.05, 0.1) is 6.20 Å². The van der Waals surface area contributed by atoms with Gasteiger partial charge in [-0.2, -0.15) is 5.10 Å². The molecule has 0 aliphatic rings. The number of carbonyl (C=O) groups is 1. The van der Waals surface area contributed by atoms with Crippen LogP contribution in [0.3, 0.4) is 0 Å². The van der Waals surface area contributed by atoms with Gasteiger partial charge >= 0.3 is 0 Å². The van der Waals surface area contributed by atoms with E-state index in [-0.39, 0.29) is 11.9 Å². The van der Waals surface area contributed by atoms with E-state index in [9.17, 15) is 4.79 Å². The largest absolute Gasteiger partial charge is 0.450 e. The summed E-state index contributed by atoms with van der Waals surface area (Å²) >= 11 is 0. The fraction of sp³-hybridized carbons (Fsp3) is 0.333. The van der Waals surface area contributed by atoms with E-state index >= 15 is 0 Å². The molecule has 0 atom stereocenters. The van der Waals surface area contributed by atoms with Crippen LogP contribution in [0.25, 0.3) is 11.0 Å². The van der Waals surface area contributed by atoms with Gasteiger partial charge in [0.15, 0.2) is 5.76 Å². The lowest BCUT2D eigenvalue weighted by Gasteiger charge is -2.11. The Hall–Kier alpha value is -2.56. The number of benzene rings is 1. The second-order valence-electron chi connectivity index (χ2n) is 6.17. The zero-order chi connectivity index (χ0) is 16.7. The molecule has 3 aromatic rings. The van der Waals surface area contributed by atoms with Gasteiger partial charge in [0.2, 0.25) is 0 Å². The number of amides is 1. The van der Waals surface area contributed by atoms with Gasteiger partial charge in [-0.25, -0.2) is 4.68 Å². The Morgan fingerprint density at radius 3 is 2.52 bits per heavy atom. The standard InChI is InChI=1S/C18H21N3O2/c1-10(2)21-14(8-9-19-21)20-18(22)17-13(5)15-11(3)6-7-12(4)16(15)23-17/h6-10H,1-5H3,(H,20,22). The van der Waals surface area contributed by atoms with Crippen molar-refractivity contribution >= 4 is 22.7 Å². The van der Waals surface area contributed by atoms with Gasteiger partial charge < -0.3 is 9.73 Å². The first kappa shape index (κ1) is 15.3. The van der Waals surface area contributed by atoms with Crippen molar-refractivity contribution in [2.75, 3.05) is 5.32 Å². The second kappa shape index (κ2) is 5.57. The Kier molecular flexibility index (Phi) is 3.72. The lowest BCUT2D eigenvalue weighted by Crippen LogP contribution is -2.16.